The number of halogens is 3. The molecule has 2 N–H and O–H groups in total. The van der Waals surface area contributed by atoms with Crippen LogP contribution in [-0.2, 0) is 11.3 Å². The molecule has 0 bridgehead atoms. The Morgan fingerprint density at radius 1 is 1.14 bits per heavy atom. The van der Waals surface area contributed by atoms with Gasteiger partial charge in [0.05, 0.1) is 6.04 Å². The van der Waals surface area contributed by atoms with Crippen LogP contribution in [0, 0.1) is 0 Å². The van der Waals surface area contributed by atoms with E-state index in [0.29, 0.717) is 32.7 Å². The van der Waals surface area contributed by atoms with Crippen molar-refractivity contribution in [1.82, 2.24) is 20.4 Å². The first kappa shape index (κ1) is 21.4. The molecule has 3 amide bonds. The second kappa shape index (κ2) is 9.00. The number of amides is 3. The third kappa shape index (κ3) is 6.90. The van der Waals surface area contributed by atoms with Gasteiger partial charge in [-0.05, 0) is 37.5 Å². The summed E-state index contributed by atoms with van der Waals surface area (Å²) in [5.74, 6) is -0.562. The highest BCUT2D eigenvalue weighted by atomic mass is 19.4. The molecule has 160 valence electrons. The number of hydrogen-bond acceptors (Lipinski definition) is 5. The summed E-state index contributed by atoms with van der Waals surface area (Å²) in [5, 5.41) is 5.11. The standard InChI is InChI=1S/C19H25F3N4O3/c1-13(17(27)24-18(28)23-15-4-5-15)26-10-8-25(9-11-26)12-14-2-6-16(7-3-14)29-19(20,21)22/h2-3,6-7,13,15H,4-5,8-12H2,1H3,(H2,23,24,27,28)/t13-/m1/s1. The minimum absolute atomic E-state index is 0.191. The van der Waals surface area contributed by atoms with Gasteiger partial charge in [-0.15, -0.1) is 13.2 Å². The zero-order valence-electron chi connectivity index (χ0n) is 16.2. The highest BCUT2D eigenvalue weighted by Gasteiger charge is 2.31. The second-order valence-electron chi connectivity index (χ2n) is 7.42. The molecule has 0 spiro atoms. The Hall–Kier alpha value is -2.33. The number of rotatable bonds is 6. The molecule has 1 aliphatic carbocycles. The summed E-state index contributed by atoms with van der Waals surface area (Å²) < 4.78 is 40.5. The number of nitrogens with one attached hydrogen (secondary N) is 2. The first-order valence-corrected chi connectivity index (χ1v) is 9.62. The number of alkyl halides is 3. The van der Waals surface area contributed by atoms with Crippen molar-refractivity contribution in [2.24, 2.45) is 0 Å². The Bertz CT molecular complexity index is 714. The van der Waals surface area contributed by atoms with E-state index in [4.69, 9.17) is 0 Å². The molecule has 0 aromatic heterocycles. The highest BCUT2D eigenvalue weighted by molar-refractivity contribution is 5.97. The van der Waals surface area contributed by atoms with Crippen LogP contribution >= 0.6 is 0 Å². The predicted molar refractivity (Wildman–Crippen MR) is 99.1 cm³/mol. The van der Waals surface area contributed by atoms with Gasteiger partial charge >= 0.3 is 12.4 Å². The van der Waals surface area contributed by atoms with Gasteiger partial charge in [0.15, 0.2) is 0 Å². The SMILES string of the molecule is C[C@H](C(=O)NC(=O)NC1CC1)N1CCN(Cc2ccc(OC(F)(F)F)cc2)CC1. The number of piperazine rings is 1. The van der Waals surface area contributed by atoms with Crippen LogP contribution in [0.2, 0.25) is 0 Å². The fraction of sp³-hybridized carbons (Fsp3) is 0.579. The second-order valence-corrected chi connectivity index (χ2v) is 7.42. The molecule has 1 aromatic carbocycles. The number of nitrogens with zero attached hydrogens (tertiary/aromatic N) is 2. The summed E-state index contributed by atoms with van der Waals surface area (Å²) >= 11 is 0. The molecule has 1 saturated carbocycles. The summed E-state index contributed by atoms with van der Waals surface area (Å²) in [6.07, 6.45) is -2.78. The highest BCUT2D eigenvalue weighted by Crippen LogP contribution is 2.23. The molecule has 0 radical (unpaired) electrons. The van der Waals surface area contributed by atoms with Crippen molar-refractivity contribution >= 4 is 11.9 Å². The van der Waals surface area contributed by atoms with Crippen LogP contribution in [0.4, 0.5) is 18.0 Å². The number of hydrogen-bond donors (Lipinski definition) is 2. The van der Waals surface area contributed by atoms with E-state index < -0.39 is 18.4 Å². The number of imide groups is 1. The molecule has 2 fully saturated rings. The molecule has 2 aliphatic rings. The molecular formula is C19H25F3N4O3. The number of carbonyl (C=O) groups excluding carboxylic acids is 2. The van der Waals surface area contributed by atoms with Crippen molar-refractivity contribution in [2.45, 2.75) is 44.8 Å². The lowest BCUT2D eigenvalue weighted by Gasteiger charge is -2.37. The van der Waals surface area contributed by atoms with Crippen molar-refractivity contribution in [3.8, 4) is 5.75 Å². The van der Waals surface area contributed by atoms with Gasteiger partial charge < -0.3 is 10.1 Å². The van der Waals surface area contributed by atoms with E-state index in [-0.39, 0.29) is 17.7 Å². The predicted octanol–water partition coefficient (Wildman–Crippen LogP) is 2.08. The van der Waals surface area contributed by atoms with Crippen LogP contribution in [0.1, 0.15) is 25.3 Å². The average Bonchev–Trinajstić information content (AvgIpc) is 3.46. The van der Waals surface area contributed by atoms with Gasteiger partial charge in [-0.25, -0.2) is 4.79 Å². The van der Waals surface area contributed by atoms with Crippen LogP contribution < -0.4 is 15.4 Å². The largest absolute Gasteiger partial charge is 0.573 e. The fourth-order valence-electron chi connectivity index (χ4n) is 3.19. The first-order chi connectivity index (χ1) is 13.7. The zero-order valence-corrected chi connectivity index (χ0v) is 16.2. The van der Waals surface area contributed by atoms with Gasteiger partial charge in [0.25, 0.3) is 0 Å². The molecule has 3 rings (SSSR count). The Morgan fingerprint density at radius 3 is 2.31 bits per heavy atom. The number of carbonyl (C=O) groups is 2. The van der Waals surface area contributed by atoms with Gasteiger partial charge in [0.2, 0.25) is 5.91 Å². The van der Waals surface area contributed by atoms with Gasteiger partial charge in [-0.3, -0.25) is 19.9 Å². The maximum Gasteiger partial charge on any atom is 0.573 e. The Morgan fingerprint density at radius 2 is 1.76 bits per heavy atom. The summed E-state index contributed by atoms with van der Waals surface area (Å²) in [7, 11) is 0. The Balaban J connectivity index is 1.41. The molecule has 1 aliphatic heterocycles. The molecule has 7 nitrogen and oxygen atoms in total. The normalized spacial score (nSPS) is 19.4. The molecule has 1 atom stereocenters. The number of benzene rings is 1. The van der Waals surface area contributed by atoms with Crippen LogP contribution in [0.15, 0.2) is 24.3 Å². The lowest BCUT2D eigenvalue weighted by Crippen LogP contribution is -2.55. The smallest absolute Gasteiger partial charge is 0.406 e. The van der Waals surface area contributed by atoms with Crippen molar-refractivity contribution in [2.75, 3.05) is 26.2 Å². The fourth-order valence-corrected chi connectivity index (χ4v) is 3.19. The van der Waals surface area contributed by atoms with E-state index in [1.54, 1.807) is 19.1 Å². The summed E-state index contributed by atoms with van der Waals surface area (Å²) in [5.41, 5.74) is 0.885. The van der Waals surface area contributed by atoms with Crippen molar-refractivity contribution in [3.05, 3.63) is 29.8 Å². The van der Waals surface area contributed by atoms with E-state index in [2.05, 4.69) is 20.3 Å². The monoisotopic (exact) mass is 414 g/mol. The van der Waals surface area contributed by atoms with Crippen LogP contribution in [0.5, 0.6) is 5.75 Å². The lowest BCUT2D eigenvalue weighted by molar-refractivity contribution is -0.274. The minimum atomic E-state index is -4.70. The van der Waals surface area contributed by atoms with E-state index >= 15 is 0 Å². The third-order valence-electron chi connectivity index (χ3n) is 5.05. The van der Waals surface area contributed by atoms with Gasteiger partial charge in [0.1, 0.15) is 5.75 Å². The molecule has 0 unspecified atom stereocenters. The molecule has 1 aromatic rings. The molecular weight excluding hydrogens is 389 g/mol. The van der Waals surface area contributed by atoms with E-state index in [9.17, 15) is 22.8 Å². The zero-order chi connectivity index (χ0) is 21.0. The number of ether oxygens (including phenoxy) is 1. The summed E-state index contributed by atoms with van der Waals surface area (Å²) in [4.78, 5) is 28.1. The lowest BCUT2D eigenvalue weighted by atomic mass is 10.1. The Kier molecular flexibility index (Phi) is 6.63. The van der Waals surface area contributed by atoms with Crippen molar-refractivity contribution in [3.63, 3.8) is 0 Å². The quantitative estimate of drug-likeness (QED) is 0.746. The first-order valence-electron chi connectivity index (χ1n) is 9.62. The number of urea groups is 1. The summed E-state index contributed by atoms with van der Waals surface area (Å²) in [6.45, 7) is 5.13. The van der Waals surface area contributed by atoms with Gasteiger partial charge in [-0.1, -0.05) is 12.1 Å². The van der Waals surface area contributed by atoms with Crippen LogP contribution in [0.25, 0.3) is 0 Å². The Labute approximate surface area is 167 Å². The van der Waals surface area contributed by atoms with Crippen LogP contribution in [-0.4, -0.2) is 66.4 Å². The van der Waals surface area contributed by atoms with Crippen molar-refractivity contribution < 1.29 is 27.5 Å². The molecule has 1 heterocycles. The van der Waals surface area contributed by atoms with Crippen LogP contribution in [0.3, 0.4) is 0 Å². The topological polar surface area (TPSA) is 73.9 Å². The van der Waals surface area contributed by atoms with Gasteiger partial charge in [0, 0.05) is 38.8 Å². The van der Waals surface area contributed by atoms with Gasteiger partial charge in [-0.2, -0.15) is 0 Å². The third-order valence-corrected chi connectivity index (χ3v) is 5.05. The average molecular weight is 414 g/mol. The van der Waals surface area contributed by atoms with E-state index in [1.807, 2.05) is 4.90 Å². The van der Waals surface area contributed by atoms with E-state index in [0.717, 1.165) is 18.4 Å². The minimum Gasteiger partial charge on any atom is -0.406 e. The molecule has 10 heteroatoms. The molecule has 1 saturated heterocycles. The van der Waals surface area contributed by atoms with Crippen molar-refractivity contribution in [1.29, 1.82) is 0 Å². The summed E-state index contributed by atoms with van der Waals surface area (Å²) in [6, 6.07) is 5.16. The maximum absolute atomic E-state index is 12.2. The maximum atomic E-state index is 12.2. The molecule has 29 heavy (non-hydrogen) atoms. The van der Waals surface area contributed by atoms with E-state index in [1.165, 1.54) is 12.1 Å².